The molecule has 0 aliphatic heterocycles. The van der Waals surface area contributed by atoms with Crippen LogP contribution in [0.2, 0.25) is 0 Å². The van der Waals surface area contributed by atoms with Gasteiger partial charge in [-0.2, -0.15) is 0 Å². The van der Waals surface area contributed by atoms with E-state index in [1.807, 2.05) is 64.1 Å². The van der Waals surface area contributed by atoms with Gasteiger partial charge in [0.2, 0.25) is 0 Å². The number of hydrogen-bond donors (Lipinski definition) is 4. The van der Waals surface area contributed by atoms with Gasteiger partial charge in [0.15, 0.2) is 0 Å². The van der Waals surface area contributed by atoms with Crippen LogP contribution in [0.25, 0.3) is 22.3 Å². The summed E-state index contributed by atoms with van der Waals surface area (Å²) in [5, 5.41) is 20.0. The maximum Gasteiger partial charge on any atom is 0.141 e. The molecular formula is C22H24N2O2. The smallest absolute Gasteiger partial charge is 0.141 e. The SMILES string of the molecule is Cc1cc(-c2ccc(-c3cc(C)c(O)c(N)c3C)cc2)c(C)c(N)c1O. The standard InChI is InChI=1S/C22H24N2O2/c1-11-9-17(13(3)19(23)21(11)25)15-5-7-16(8-6-15)18-10-12(2)22(26)20(24)14(18)4/h5-10,25-26H,23-24H2,1-4H3. The lowest BCUT2D eigenvalue weighted by molar-refractivity contribution is 0.473. The lowest BCUT2D eigenvalue weighted by Gasteiger charge is -2.15. The Bertz CT molecular complexity index is 924. The van der Waals surface area contributed by atoms with Crippen LogP contribution in [-0.4, -0.2) is 10.2 Å². The largest absolute Gasteiger partial charge is 0.506 e. The first-order valence-corrected chi connectivity index (χ1v) is 8.50. The van der Waals surface area contributed by atoms with Crippen LogP contribution in [0, 0.1) is 27.7 Å². The predicted octanol–water partition coefficient (Wildman–Crippen LogP) is 4.83. The topological polar surface area (TPSA) is 92.5 Å². The highest BCUT2D eigenvalue weighted by atomic mass is 16.3. The zero-order valence-electron chi connectivity index (χ0n) is 15.5. The van der Waals surface area contributed by atoms with Crippen molar-refractivity contribution in [3.8, 4) is 33.8 Å². The molecule has 0 saturated carbocycles. The van der Waals surface area contributed by atoms with Crippen LogP contribution < -0.4 is 11.5 Å². The van der Waals surface area contributed by atoms with Crippen molar-refractivity contribution in [1.82, 2.24) is 0 Å². The molecule has 0 unspecified atom stereocenters. The molecule has 0 bridgehead atoms. The van der Waals surface area contributed by atoms with E-state index in [1.165, 1.54) is 0 Å². The summed E-state index contributed by atoms with van der Waals surface area (Å²) in [6.45, 7) is 7.50. The fourth-order valence-electron chi connectivity index (χ4n) is 3.29. The number of phenolic OH excluding ortho intramolecular Hbond substituents is 2. The van der Waals surface area contributed by atoms with E-state index < -0.39 is 0 Å². The molecule has 3 rings (SSSR count). The molecule has 4 heteroatoms. The summed E-state index contributed by atoms with van der Waals surface area (Å²) in [5.41, 5.74) is 20.2. The van der Waals surface area contributed by atoms with Gasteiger partial charge in [0.05, 0.1) is 11.4 Å². The average molecular weight is 348 g/mol. The Morgan fingerprint density at radius 3 is 1.23 bits per heavy atom. The van der Waals surface area contributed by atoms with E-state index >= 15 is 0 Å². The third-order valence-electron chi connectivity index (χ3n) is 5.10. The summed E-state index contributed by atoms with van der Waals surface area (Å²) in [6, 6.07) is 12.0. The van der Waals surface area contributed by atoms with E-state index in [0.29, 0.717) is 11.4 Å². The summed E-state index contributed by atoms with van der Waals surface area (Å²) in [5.74, 6) is 0.294. The minimum absolute atomic E-state index is 0.147. The van der Waals surface area contributed by atoms with Crippen molar-refractivity contribution >= 4 is 11.4 Å². The molecule has 0 spiro atoms. The Morgan fingerprint density at radius 1 is 0.615 bits per heavy atom. The quantitative estimate of drug-likeness (QED) is 0.394. The minimum atomic E-state index is 0.147. The molecular weight excluding hydrogens is 324 g/mol. The third-order valence-corrected chi connectivity index (χ3v) is 5.10. The van der Waals surface area contributed by atoms with Crippen molar-refractivity contribution in [3.63, 3.8) is 0 Å². The minimum Gasteiger partial charge on any atom is -0.506 e. The van der Waals surface area contributed by atoms with Crippen molar-refractivity contribution in [2.24, 2.45) is 0 Å². The van der Waals surface area contributed by atoms with Crippen LogP contribution >= 0.6 is 0 Å². The van der Waals surface area contributed by atoms with Crippen molar-refractivity contribution in [1.29, 1.82) is 0 Å². The molecule has 6 N–H and O–H groups in total. The van der Waals surface area contributed by atoms with Crippen molar-refractivity contribution < 1.29 is 10.2 Å². The monoisotopic (exact) mass is 348 g/mol. The number of anilines is 2. The highest BCUT2D eigenvalue weighted by molar-refractivity contribution is 5.81. The summed E-state index contributed by atoms with van der Waals surface area (Å²) in [7, 11) is 0. The Balaban J connectivity index is 2.09. The summed E-state index contributed by atoms with van der Waals surface area (Å²) >= 11 is 0. The second-order valence-corrected chi connectivity index (χ2v) is 6.83. The number of phenols is 2. The summed E-state index contributed by atoms with van der Waals surface area (Å²) in [6.07, 6.45) is 0. The molecule has 0 aliphatic carbocycles. The van der Waals surface area contributed by atoms with E-state index in [-0.39, 0.29) is 11.5 Å². The van der Waals surface area contributed by atoms with Crippen molar-refractivity contribution in [2.75, 3.05) is 11.5 Å². The Morgan fingerprint density at radius 2 is 0.923 bits per heavy atom. The molecule has 0 fully saturated rings. The molecule has 0 aromatic heterocycles. The van der Waals surface area contributed by atoms with Crippen LogP contribution in [-0.2, 0) is 0 Å². The maximum absolute atomic E-state index is 10.00. The summed E-state index contributed by atoms with van der Waals surface area (Å²) < 4.78 is 0. The van der Waals surface area contributed by atoms with Crippen LogP contribution in [0.4, 0.5) is 11.4 Å². The first kappa shape index (κ1) is 17.7. The second-order valence-electron chi connectivity index (χ2n) is 6.83. The fraction of sp³-hybridized carbons (Fsp3) is 0.182. The molecule has 134 valence electrons. The molecule has 0 atom stereocenters. The van der Waals surface area contributed by atoms with E-state index in [1.54, 1.807) is 0 Å². The van der Waals surface area contributed by atoms with E-state index in [9.17, 15) is 10.2 Å². The third kappa shape index (κ3) is 2.73. The Labute approximate surface area is 153 Å². The van der Waals surface area contributed by atoms with E-state index in [4.69, 9.17) is 11.5 Å². The lowest BCUT2D eigenvalue weighted by atomic mass is 9.92. The van der Waals surface area contributed by atoms with Gasteiger partial charge in [-0.25, -0.2) is 0 Å². The fourth-order valence-corrected chi connectivity index (χ4v) is 3.29. The van der Waals surface area contributed by atoms with Gasteiger partial charge in [-0.1, -0.05) is 24.3 Å². The number of benzene rings is 3. The number of rotatable bonds is 2. The highest BCUT2D eigenvalue weighted by Gasteiger charge is 2.14. The van der Waals surface area contributed by atoms with Crippen LogP contribution in [0.5, 0.6) is 11.5 Å². The predicted molar refractivity (Wildman–Crippen MR) is 108 cm³/mol. The zero-order valence-corrected chi connectivity index (χ0v) is 15.5. The highest BCUT2D eigenvalue weighted by Crippen LogP contribution is 2.39. The molecule has 0 saturated heterocycles. The number of aryl methyl sites for hydroxylation is 2. The van der Waals surface area contributed by atoms with E-state index in [0.717, 1.165) is 44.5 Å². The van der Waals surface area contributed by atoms with Crippen LogP contribution in [0.3, 0.4) is 0 Å². The number of hydrogen-bond acceptors (Lipinski definition) is 4. The van der Waals surface area contributed by atoms with Gasteiger partial charge in [-0.3, -0.25) is 0 Å². The van der Waals surface area contributed by atoms with E-state index in [2.05, 4.69) is 0 Å². The molecule has 0 heterocycles. The average Bonchev–Trinajstić information content (AvgIpc) is 2.64. The lowest BCUT2D eigenvalue weighted by Crippen LogP contribution is -1.96. The van der Waals surface area contributed by atoms with Crippen LogP contribution in [0.15, 0.2) is 36.4 Å². The van der Waals surface area contributed by atoms with Crippen molar-refractivity contribution in [2.45, 2.75) is 27.7 Å². The first-order valence-electron chi connectivity index (χ1n) is 8.50. The van der Waals surface area contributed by atoms with Crippen molar-refractivity contribution in [3.05, 3.63) is 58.7 Å². The van der Waals surface area contributed by atoms with Gasteiger partial charge in [0, 0.05) is 0 Å². The Hall–Kier alpha value is -3.14. The molecule has 0 aliphatic rings. The van der Waals surface area contributed by atoms with Gasteiger partial charge in [-0.15, -0.1) is 0 Å². The van der Waals surface area contributed by atoms with Gasteiger partial charge in [0.25, 0.3) is 0 Å². The van der Waals surface area contributed by atoms with Gasteiger partial charge < -0.3 is 21.7 Å². The molecule has 4 nitrogen and oxygen atoms in total. The zero-order chi connectivity index (χ0) is 19.2. The number of nitrogens with two attached hydrogens (primary N) is 2. The molecule has 0 radical (unpaired) electrons. The Kier molecular flexibility index (Phi) is 4.28. The van der Waals surface area contributed by atoms with Gasteiger partial charge in [0.1, 0.15) is 11.5 Å². The van der Waals surface area contributed by atoms with Crippen LogP contribution in [0.1, 0.15) is 22.3 Å². The molecule has 3 aromatic carbocycles. The molecule has 3 aromatic rings. The van der Waals surface area contributed by atoms with Gasteiger partial charge in [-0.05, 0) is 84.3 Å². The first-order chi connectivity index (χ1) is 12.2. The number of nitrogen functional groups attached to an aromatic ring is 2. The maximum atomic E-state index is 10.00. The normalized spacial score (nSPS) is 10.9. The molecule has 0 amide bonds. The summed E-state index contributed by atoms with van der Waals surface area (Å²) in [4.78, 5) is 0. The number of aromatic hydroxyl groups is 2. The van der Waals surface area contributed by atoms with Gasteiger partial charge >= 0.3 is 0 Å². The second kappa shape index (κ2) is 6.30. The molecule has 26 heavy (non-hydrogen) atoms.